The van der Waals surface area contributed by atoms with E-state index in [0.29, 0.717) is 13.0 Å². The number of carbonyl (C=O) groups excluding carboxylic acids is 2. The van der Waals surface area contributed by atoms with Crippen LogP contribution < -0.4 is 16.4 Å². The Morgan fingerprint density at radius 3 is 2.38 bits per heavy atom. The van der Waals surface area contributed by atoms with Gasteiger partial charge >= 0.3 is 0 Å². The number of nitrogens with two attached hydrogens (primary N) is 1. The van der Waals surface area contributed by atoms with Crippen molar-refractivity contribution in [2.75, 3.05) is 6.54 Å². The molecule has 0 radical (unpaired) electrons. The van der Waals surface area contributed by atoms with Crippen molar-refractivity contribution in [1.29, 1.82) is 0 Å². The third-order valence-electron chi connectivity index (χ3n) is 6.01. The Labute approximate surface area is 174 Å². The van der Waals surface area contributed by atoms with Crippen LogP contribution >= 0.6 is 0 Å². The van der Waals surface area contributed by atoms with Gasteiger partial charge < -0.3 is 21.5 Å². The van der Waals surface area contributed by atoms with Gasteiger partial charge in [0.15, 0.2) is 0 Å². The zero-order valence-electron chi connectivity index (χ0n) is 18.1. The first-order valence-corrected chi connectivity index (χ1v) is 10.9. The Bertz CT molecular complexity index is 676. The number of hydrogen-bond acceptors (Lipinski definition) is 4. The van der Waals surface area contributed by atoms with Crippen molar-refractivity contribution in [2.24, 2.45) is 11.7 Å². The van der Waals surface area contributed by atoms with E-state index in [0.717, 1.165) is 35.4 Å². The van der Waals surface area contributed by atoms with E-state index in [-0.39, 0.29) is 17.6 Å². The second-order valence-electron chi connectivity index (χ2n) is 8.54. The standard InChI is InChI=1S/C23H37N3O3/c1-15-12-19(27)13-16(2)20(15)14-21(24)23(29)26-17(3)22(28)25-11-7-10-18-8-5-4-6-9-18/h12-13,17-18,21,27H,4-11,14,24H2,1-3H3,(H,25,28)(H,26,29)/t17-,21+/m1/s1. The van der Waals surface area contributed by atoms with Crippen LogP contribution in [0, 0.1) is 19.8 Å². The summed E-state index contributed by atoms with van der Waals surface area (Å²) in [6.45, 7) is 6.10. The van der Waals surface area contributed by atoms with Crippen molar-refractivity contribution in [2.45, 2.75) is 84.2 Å². The molecule has 0 unspecified atom stereocenters. The van der Waals surface area contributed by atoms with Crippen LogP contribution in [0.25, 0.3) is 0 Å². The summed E-state index contributed by atoms with van der Waals surface area (Å²) in [7, 11) is 0. The lowest BCUT2D eigenvalue weighted by atomic mass is 9.86. The molecule has 29 heavy (non-hydrogen) atoms. The molecule has 1 fully saturated rings. The predicted octanol–water partition coefficient (Wildman–Crippen LogP) is 2.86. The molecule has 0 aromatic heterocycles. The minimum Gasteiger partial charge on any atom is -0.508 e. The van der Waals surface area contributed by atoms with Crippen molar-refractivity contribution in [3.63, 3.8) is 0 Å². The highest BCUT2D eigenvalue weighted by molar-refractivity contribution is 5.89. The van der Waals surface area contributed by atoms with Gasteiger partial charge in [-0.15, -0.1) is 0 Å². The second-order valence-corrected chi connectivity index (χ2v) is 8.54. The molecule has 5 N–H and O–H groups in total. The average Bonchev–Trinajstić information content (AvgIpc) is 2.68. The van der Waals surface area contributed by atoms with Gasteiger partial charge in [-0.25, -0.2) is 0 Å². The van der Waals surface area contributed by atoms with E-state index < -0.39 is 12.1 Å². The van der Waals surface area contributed by atoms with Crippen LogP contribution in [0.5, 0.6) is 5.75 Å². The fourth-order valence-corrected chi connectivity index (χ4v) is 4.22. The molecule has 1 aliphatic rings. The SMILES string of the molecule is Cc1cc(O)cc(C)c1C[C@H](N)C(=O)N[C@H](C)C(=O)NCCCC1CCCCC1. The molecule has 0 aliphatic heterocycles. The molecule has 2 amide bonds. The Morgan fingerprint density at radius 2 is 1.76 bits per heavy atom. The van der Waals surface area contributed by atoms with Gasteiger partial charge in [-0.3, -0.25) is 9.59 Å². The molecule has 162 valence electrons. The average molecular weight is 404 g/mol. The third kappa shape index (κ3) is 7.35. The Morgan fingerprint density at radius 1 is 1.14 bits per heavy atom. The van der Waals surface area contributed by atoms with Crippen LogP contribution in [-0.2, 0) is 16.0 Å². The number of rotatable bonds is 9. The van der Waals surface area contributed by atoms with Crippen LogP contribution in [-0.4, -0.2) is 35.5 Å². The van der Waals surface area contributed by atoms with Gasteiger partial charge in [0, 0.05) is 6.54 Å². The molecule has 0 heterocycles. The highest BCUT2D eigenvalue weighted by Crippen LogP contribution is 2.27. The molecular weight excluding hydrogens is 366 g/mol. The van der Waals surface area contributed by atoms with E-state index in [9.17, 15) is 14.7 Å². The van der Waals surface area contributed by atoms with Crippen molar-refractivity contribution in [3.05, 3.63) is 28.8 Å². The molecule has 2 rings (SSSR count). The topological polar surface area (TPSA) is 104 Å². The normalized spacial score (nSPS) is 16.8. The lowest BCUT2D eigenvalue weighted by Crippen LogP contribution is -2.51. The number of hydrogen-bond donors (Lipinski definition) is 4. The smallest absolute Gasteiger partial charge is 0.242 e. The first-order valence-electron chi connectivity index (χ1n) is 10.9. The quantitative estimate of drug-likeness (QED) is 0.476. The summed E-state index contributed by atoms with van der Waals surface area (Å²) >= 11 is 0. The van der Waals surface area contributed by atoms with Crippen molar-refractivity contribution in [3.8, 4) is 5.75 Å². The van der Waals surface area contributed by atoms with Crippen LogP contribution in [0.3, 0.4) is 0 Å². The number of aromatic hydroxyl groups is 1. The highest BCUT2D eigenvalue weighted by atomic mass is 16.3. The molecule has 1 aromatic rings. The number of phenolic OH excluding ortho intramolecular Hbond substituents is 1. The van der Waals surface area contributed by atoms with Crippen LogP contribution in [0.15, 0.2) is 12.1 Å². The van der Waals surface area contributed by atoms with E-state index >= 15 is 0 Å². The van der Waals surface area contributed by atoms with Gasteiger partial charge in [0.25, 0.3) is 0 Å². The summed E-state index contributed by atoms with van der Waals surface area (Å²) in [5, 5.41) is 15.3. The van der Waals surface area contributed by atoms with Gasteiger partial charge in [0.2, 0.25) is 11.8 Å². The van der Waals surface area contributed by atoms with E-state index in [1.54, 1.807) is 19.1 Å². The maximum Gasteiger partial charge on any atom is 0.242 e. The fourth-order valence-electron chi connectivity index (χ4n) is 4.22. The number of benzene rings is 1. The zero-order chi connectivity index (χ0) is 21.4. The van der Waals surface area contributed by atoms with Crippen LogP contribution in [0.2, 0.25) is 0 Å². The number of carbonyl (C=O) groups is 2. The molecule has 1 aliphatic carbocycles. The summed E-state index contributed by atoms with van der Waals surface area (Å²) < 4.78 is 0. The van der Waals surface area contributed by atoms with E-state index in [4.69, 9.17) is 5.73 Å². The number of nitrogens with one attached hydrogen (secondary N) is 2. The van der Waals surface area contributed by atoms with Gasteiger partial charge in [-0.05, 0) is 74.8 Å². The maximum atomic E-state index is 12.4. The fraction of sp³-hybridized carbons (Fsp3) is 0.652. The summed E-state index contributed by atoms with van der Waals surface area (Å²) in [5.74, 6) is 0.492. The van der Waals surface area contributed by atoms with Crippen LogP contribution in [0.4, 0.5) is 0 Å². The molecule has 2 atom stereocenters. The minimum absolute atomic E-state index is 0.175. The Kier molecular flexibility index (Phi) is 8.96. The Hall–Kier alpha value is -2.08. The molecule has 0 bridgehead atoms. The summed E-state index contributed by atoms with van der Waals surface area (Å²) in [6.07, 6.45) is 9.18. The van der Waals surface area contributed by atoms with Gasteiger partial charge in [0.05, 0.1) is 6.04 Å². The van der Waals surface area contributed by atoms with Crippen molar-refractivity contribution >= 4 is 11.8 Å². The minimum atomic E-state index is -0.751. The zero-order valence-corrected chi connectivity index (χ0v) is 18.1. The third-order valence-corrected chi connectivity index (χ3v) is 6.01. The Balaban J connectivity index is 1.73. The highest BCUT2D eigenvalue weighted by Gasteiger charge is 2.21. The van der Waals surface area contributed by atoms with E-state index in [2.05, 4.69) is 10.6 Å². The summed E-state index contributed by atoms with van der Waals surface area (Å²) in [4.78, 5) is 24.7. The van der Waals surface area contributed by atoms with Gasteiger partial charge in [0.1, 0.15) is 11.8 Å². The summed E-state index contributed by atoms with van der Waals surface area (Å²) in [6, 6.07) is 1.95. The van der Waals surface area contributed by atoms with Gasteiger partial charge in [-0.2, -0.15) is 0 Å². The van der Waals surface area contributed by atoms with Crippen molar-refractivity contribution in [1.82, 2.24) is 10.6 Å². The first kappa shape index (κ1) is 23.2. The molecule has 0 spiro atoms. The predicted molar refractivity (Wildman–Crippen MR) is 116 cm³/mol. The number of aryl methyl sites for hydroxylation is 2. The first-order chi connectivity index (χ1) is 13.8. The molecule has 1 saturated carbocycles. The number of amides is 2. The van der Waals surface area contributed by atoms with Crippen molar-refractivity contribution < 1.29 is 14.7 Å². The molecule has 6 nitrogen and oxygen atoms in total. The molecule has 6 heteroatoms. The molecule has 0 saturated heterocycles. The lowest BCUT2D eigenvalue weighted by molar-refractivity contribution is -0.129. The van der Waals surface area contributed by atoms with Crippen LogP contribution in [0.1, 0.15) is 68.6 Å². The van der Waals surface area contributed by atoms with Gasteiger partial charge in [-0.1, -0.05) is 32.1 Å². The van der Waals surface area contributed by atoms with E-state index in [1.807, 2.05) is 13.8 Å². The maximum absolute atomic E-state index is 12.4. The summed E-state index contributed by atoms with van der Waals surface area (Å²) in [5.41, 5.74) is 8.82. The monoisotopic (exact) mass is 403 g/mol. The second kappa shape index (κ2) is 11.2. The van der Waals surface area contributed by atoms with E-state index in [1.165, 1.54) is 32.1 Å². The molecular formula is C23H37N3O3. The lowest BCUT2D eigenvalue weighted by Gasteiger charge is -2.22. The number of phenols is 1. The largest absolute Gasteiger partial charge is 0.508 e. The molecule has 1 aromatic carbocycles.